The molecule has 2 atom stereocenters. The number of ether oxygens (including phenoxy) is 2. The van der Waals surface area contributed by atoms with Crippen molar-refractivity contribution >= 4 is 29.7 Å². The van der Waals surface area contributed by atoms with Crippen molar-refractivity contribution in [3.8, 4) is 0 Å². The molecule has 0 aromatic rings. The van der Waals surface area contributed by atoms with E-state index in [-0.39, 0.29) is 31.4 Å². The molecule has 0 radical (unpaired) electrons. The summed E-state index contributed by atoms with van der Waals surface area (Å²) in [6.07, 6.45) is 0.441. The second kappa shape index (κ2) is 9.65. The fourth-order valence-corrected chi connectivity index (χ4v) is 2.95. The lowest BCUT2D eigenvalue weighted by Gasteiger charge is -2.26. The summed E-state index contributed by atoms with van der Waals surface area (Å²) in [7, 11) is 1.31. The Bertz CT molecular complexity index is 370. The van der Waals surface area contributed by atoms with Gasteiger partial charge in [-0.25, -0.2) is 0 Å². The number of carboxylic acid groups (broad SMARTS) is 1. The minimum Gasteiger partial charge on any atom is -0.481 e. The van der Waals surface area contributed by atoms with Crippen LogP contribution in [0.15, 0.2) is 0 Å². The summed E-state index contributed by atoms with van der Waals surface area (Å²) >= 11 is 1.37. The third-order valence-corrected chi connectivity index (χ3v) is 4.39. The minimum atomic E-state index is -1.03. The van der Waals surface area contributed by atoms with Crippen molar-refractivity contribution in [1.82, 2.24) is 0 Å². The first-order valence-corrected chi connectivity index (χ1v) is 7.97. The van der Waals surface area contributed by atoms with Gasteiger partial charge in [0.2, 0.25) is 0 Å². The van der Waals surface area contributed by atoms with Gasteiger partial charge in [0.1, 0.15) is 0 Å². The quantitative estimate of drug-likeness (QED) is 0.486. The SMILES string of the molecule is CCOC(=O)C(C)CC(C)(CSCCC(=O)OC)C(=O)O. The molecule has 0 aromatic heterocycles. The van der Waals surface area contributed by atoms with Crippen molar-refractivity contribution < 1.29 is 29.0 Å². The molecule has 0 bridgehead atoms. The summed E-state index contributed by atoms with van der Waals surface area (Å²) < 4.78 is 9.42. The molecule has 6 nitrogen and oxygen atoms in total. The number of carboxylic acids is 1. The zero-order chi connectivity index (χ0) is 16.5. The molecule has 0 heterocycles. The second-order valence-electron chi connectivity index (χ2n) is 5.10. The zero-order valence-electron chi connectivity index (χ0n) is 13.0. The lowest BCUT2D eigenvalue weighted by molar-refractivity contribution is -0.152. The molecule has 122 valence electrons. The van der Waals surface area contributed by atoms with Gasteiger partial charge in [0.05, 0.1) is 31.5 Å². The standard InChI is InChI=1S/C14H24O6S/c1-5-20-12(16)10(2)8-14(3,13(17)18)9-21-7-6-11(15)19-4/h10H,5-9H2,1-4H3,(H,17,18). The number of hydrogen-bond donors (Lipinski definition) is 1. The molecule has 0 aliphatic heterocycles. The smallest absolute Gasteiger partial charge is 0.310 e. The number of esters is 2. The van der Waals surface area contributed by atoms with Gasteiger partial charge in [0.25, 0.3) is 0 Å². The number of thioether (sulfide) groups is 1. The molecule has 0 saturated heterocycles. The molecule has 2 unspecified atom stereocenters. The van der Waals surface area contributed by atoms with Crippen LogP contribution in [-0.4, -0.2) is 48.2 Å². The summed E-state index contributed by atoms with van der Waals surface area (Å²) in [6.45, 7) is 5.26. The van der Waals surface area contributed by atoms with E-state index in [0.717, 1.165) is 0 Å². The number of hydrogen-bond acceptors (Lipinski definition) is 6. The minimum absolute atomic E-state index is 0.201. The lowest BCUT2D eigenvalue weighted by atomic mass is 9.83. The highest BCUT2D eigenvalue weighted by atomic mass is 32.2. The predicted molar refractivity (Wildman–Crippen MR) is 80.1 cm³/mol. The van der Waals surface area contributed by atoms with Gasteiger partial charge in [0.15, 0.2) is 0 Å². The van der Waals surface area contributed by atoms with Crippen LogP contribution in [0.5, 0.6) is 0 Å². The Kier molecular flexibility index (Phi) is 9.08. The normalized spacial score (nSPS) is 14.9. The molecule has 1 N–H and O–H groups in total. The summed E-state index contributed by atoms with van der Waals surface area (Å²) in [4.78, 5) is 34.1. The molecule has 0 spiro atoms. The van der Waals surface area contributed by atoms with E-state index in [9.17, 15) is 19.5 Å². The van der Waals surface area contributed by atoms with E-state index in [1.54, 1.807) is 20.8 Å². The summed E-state index contributed by atoms with van der Waals surface area (Å²) in [5, 5.41) is 9.39. The number of aliphatic carboxylic acids is 1. The van der Waals surface area contributed by atoms with Crippen molar-refractivity contribution in [3.05, 3.63) is 0 Å². The van der Waals surface area contributed by atoms with Crippen LogP contribution in [0.4, 0.5) is 0 Å². The fourth-order valence-electron chi connectivity index (χ4n) is 1.81. The van der Waals surface area contributed by atoms with Gasteiger partial charge in [0, 0.05) is 11.5 Å². The van der Waals surface area contributed by atoms with Crippen molar-refractivity contribution in [2.24, 2.45) is 11.3 Å². The zero-order valence-corrected chi connectivity index (χ0v) is 13.8. The number of carbonyl (C=O) groups is 3. The van der Waals surface area contributed by atoms with Crippen molar-refractivity contribution in [1.29, 1.82) is 0 Å². The number of methoxy groups -OCH3 is 1. The highest BCUT2D eigenvalue weighted by Gasteiger charge is 2.36. The molecule has 0 fully saturated rings. The molecule has 0 rings (SSSR count). The predicted octanol–water partition coefficient (Wildman–Crippen LogP) is 1.96. The fraction of sp³-hybridized carbons (Fsp3) is 0.786. The van der Waals surface area contributed by atoms with Gasteiger partial charge < -0.3 is 14.6 Å². The average Bonchev–Trinajstić information content (AvgIpc) is 2.43. The van der Waals surface area contributed by atoms with Crippen LogP contribution in [0.25, 0.3) is 0 Å². The first kappa shape index (κ1) is 19.8. The van der Waals surface area contributed by atoms with E-state index in [0.29, 0.717) is 11.5 Å². The molecule has 7 heteroatoms. The van der Waals surface area contributed by atoms with Crippen LogP contribution in [0.2, 0.25) is 0 Å². The van der Waals surface area contributed by atoms with Crippen LogP contribution in [0, 0.1) is 11.3 Å². The van der Waals surface area contributed by atoms with Crippen LogP contribution in [0.1, 0.15) is 33.6 Å². The Labute approximate surface area is 129 Å². The van der Waals surface area contributed by atoms with E-state index in [2.05, 4.69) is 4.74 Å². The molecular weight excluding hydrogens is 296 g/mol. The summed E-state index contributed by atoms with van der Waals surface area (Å²) in [5.41, 5.74) is -1.03. The maximum absolute atomic E-state index is 11.6. The topological polar surface area (TPSA) is 89.9 Å². The second-order valence-corrected chi connectivity index (χ2v) is 6.21. The largest absolute Gasteiger partial charge is 0.481 e. The van der Waals surface area contributed by atoms with Gasteiger partial charge in [-0.2, -0.15) is 11.8 Å². The Morgan fingerprint density at radius 1 is 1.33 bits per heavy atom. The van der Waals surface area contributed by atoms with Crippen LogP contribution in [0.3, 0.4) is 0 Å². The first-order valence-electron chi connectivity index (χ1n) is 6.81. The average molecular weight is 320 g/mol. The van der Waals surface area contributed by atoms with Gasteiger partial charge in [-0.3, -0.25) is 14.4 Å². The van der Waals surface area contributed by atoms with Crippen molar-refractivity contribution in [2.45, 2.75) is 33.6 Å². The van der Waals surface area contributed by atoms with Crippen LogP contribution in [-0.2, 0) is 23.9 Å². The molecule has 21 heavy (non-hydrogen) atoms. The molecular formula is C14H24O6S. The van der Waals surface area contributed by atoms with Crippen molar-refractivity contribution in [2.75, 3.05) is 25.2 Å². The van der Waals surface area contributed by atoms with Gasteiger partial charge >= 0.3 is 17.9 Å². The highest BCUT2D eigenvalue weighted by Crippen LogP contribution is 2.31. The Morgan fingerprint density at radius 3 is 2.43 bits per heavy atom. The number of carbonyl (C=O) groups excluding carboxylic acids is 2. The molecule has 0 aliphatic rings. The monoisotopic (exact) mass is 320 g/mol. The lowest BCUT2D eigenvalue weighted by Crippen LogP contribution is -2.34. The summed E-state index contributed by atoms with van der Waals surface area (Å²) in [6, 6.07) is 0. The van der Waals surface area contributed by atoms with E-state index in [4.69, 9.17) is 4.74 Å². The van der Waals surface area contributed by atoms with Gasteiger partial charge in [-0.1, -0.05) is 6.92 Å². The van der Waals surface area contributed by atoms with Gasteiger partial charge in [-0.15, -0.1) is 0 Å². The Morgan fingerprint density at radius 2 is 1.95 bits per heavy atom. The molecule has 0 saturated carbocycles. The Balaban J connectivity index is 4.45. The third kappa shape index (κ3) is 7.36. The Hall–Kier alpha value is -1.24. The first-order chi connectivity index (χ1) is 9.76. The maximum atomic E-state index is 11.6. The maximum Gasteiger partial charge on any atom is 0.310 e. The summed E-state index contributed by atoms with van der Waals surface area (Å²) in [5.74, 6) is -1.33. The van der Waals surface area contributed by atoms with E-state index in [1.165, 1.54) is 18.9 Å². The molecule has 0 amide bonds. The molecule has 0 aromatic carbocycles. The van der Waals surface area contributed by atoms with Crippen molar-refractivity contribution in [3.63, 3.8) is 0 Å². The van der Waals surface area contributed by atoms with E-state index in [1.807, 2.05) is 0 Å². The van der Waals surface area contributed by atoms with Gasteiger partial charge in [-0.05, 0) is 20.3 Å². The van der Waals surface area contributed by atoms with Crippen LogP contribution >= 0.6 is 11.8 Å². The number of rotatable bonds is 10. The highest BCUT2D eigenvalue weighted by molar-refractivity contribution is 7.99. The molecule has 0 aliphatic carbocycles. The van der Waals surface area contributed by atoms with E-state index < -0.39 is 17.3 Å². The third-order valence-electron chi connectivity index (χ3n) is 3.06. The van der Waals surface area contributed by atoms with Crippen LogP contribution < -0.4 is 0 Å². The van der Waals surface area contributed by atoms with E-state index >= 15 is 0 Å².